The summed E-state index contributed by atoms with van der Waals surface area (Å²) in [5.74, 6) is 0. The van der Waals surface area contributed by atoms with Crippen molar-refractivity contribution in [3.8, 4) is 0 Å². The zero-order valence-corrected chi connectivity index (χ0v) is 10.9. The summed E-state index contributed by atoms with van der Waals surface area (Å²) in [6.07, 6.45) is -1.89. The molecule has 2 rings (SSSR count). The zero-order valence-electron chi connectivity index (χ0n) is 10.9. The van der Waals surface area contributed by atoms with Gasteiger partial charge in [-0.25, -0.2) is 0 Å². The maximum atomic E-state index is 12.0. The quantitative estimate of drug-likeness (QED) is 0.860. The zero-order chi connectivity index (χ0) is 14.8. The van der Waals surface area contributed by atoms with Crippen LogP contribution in [0, 0.1) is 0 Å². The van der Waals surface area contributed by atoms with Crippen molar-refractivity contribution in [1.82, 2.24) is 4.57 Å². The summed E-state index contributed by atoms with van der Waals surface area (Å²) < 4.78 is 42.0. The van der Waals surface area contributed by atoms with Crippen LogP contribution in [-0.4, -0.2) is 24.0 Å². The predicted octanol–water partition coefficient (Wildman–Crippen LogP) is 1.76. The Bertz CT molecular complexity index is 525. The number of fused-ring (bicyclic) bond motifs is 1. The van der Waals surface area contributed by atoms with Crippen LogP contribution in [0.15, 0.2) is 16.9 Å². The summed E-state index contributed by atoms with van der Waals surface area (Å²) in [6, 6.07) is 3.02. The Morgan fingerprint density at radius 2 is 2.15 bits per heavy atom. The van der Waals surface area contributed by atoms with Gasteiger partial charge in [-0.2, -0.15) is 13.2 Å². The van der Waals surface area contributed by atoms with Gasteiger partial charge in [0.05, 0.1) is 6.61 Å². The summed E-state index contributed by atoms with van der Waals surface area (Å²) in [5.41, 5.74) is 7.49. The second-order valence-corrected chi connectivity index (χ2v) is 4.89. The largest absolute Gasteiger partial charge is 0.411 e. The van der Waals surface area contributed by atoms with Gasteiger partial charge in [0.25, 0.3) is 5.56 Å². The molecule has 0 bridgehead atoms. The molecule has 7 heteroatoms. The molecule has 0 saturated carbocycles. The van der Waals surface area contributed by atoms with E-state index in [0.717, 1.165) is 30.5 Å². The molecule has 1 aromatic rings. The maximum Gasteiger partial charge on any atom is 0.411 e. The van der Waals surface area contributed by atoms with E-state index in [-0.39, 0.29) is 24.8 Å². The van der Waals surface area contributed by atoms with Gasteiger partial charge >= 0.3 is 6.18 Å². The number of ether oxygens (including phenoxy) is 1. The Morgan fingerprint density at radius 3 is 2.85 bits per heavy atom. The van der Waals surface area contributed by atoms with Crippen LogP contribution in [0.2, 0.25) is 0 Å². The molecule has 0 aliphatic heterocycles. The number of alkyl halides is 3. The molecule has 0 fully saturated rings. The van der Waals surface area contributed by atoms with Crippen molar-refractivity contribution in [2.75, 3.05) is 13.2 Å². The summed E-state index contributed by atoms with van der Waals surface area (Å²) in [7, 11) is 0. The molecule has 0 amide bonds. The summed E-state index contributed by atoms with van der Waals surface area (Å²) in [6.45, 7) is -1.33. The van der Waals surface area contributed by atoms with Gasteiger partial charge in [0.1, 0.15) is 6.61 Å². The molecular formula is C13H17F3N2O2. The van der Waals surface area contributed by atoms with Crippen molar-refractivity contribution in [3.05, 3.63) is 33.7 Å². The number of hydrogen-bond acceptors (Lipinski definition) is 3. The van der Waals surface area contributed by atoms with Gasteiger partial charge in [-0.3, -0.25) is 4.79 Å². The Labute approximate surface area is 114 Å². The molecule has 4 nitrogen and oxygen atoms in total. The molecule has 0 saturated heterocycles. The van der Waals surface area contributed by atoms with E-state index in [4.69, 9.17) is 5.73 Å². The average molecular weight is 290 g/mol. The molecule has 1 atom stereocenters. The van der Waals surface area contributed by atoms with Crippen molar-refractivity contribution in [3.63, 3.8) is 0 Å². The Balaban J connectivity index is 2.08. The normalized spacial score (nSPS) is 18.9. The smallest absolute Gasteiger partial charge is 0.370 e. The number of aromatic nitrogens is 1. The predicted molar refractivity (Wildman–Crippen MR) is 67.4 cm³/mol. The van der Waals surface area contributed by atoms with E-state index >= 15 is 0 Å². The third-order valence-corrected chi connectivity index (χ3v) is 3.38. The van der Waals surface area contributed by atoms with Crippen LogP contribution in [0.4, 0.5) is 13.2 Å². The van der Waals surface area contributed by atoms with Crippen LogP contribution in [0.3, 0.4) is 0 Å². The number of nitrogens with two attached hydrogens (primary N) is 1. The van der Waals surface area contributed by atoms with E-state index in [9.17, 15) is 18.0 Å². The molecule has 0 aromatic carbocycles. The number of halogens is 3. The molecule has 0 radical (unpaired) electrons. The molecule has 1 aromatic heterocycles. The number of rotatable bonds is 4. The van der Waals surface area contributed by atoms with Crippen LogP contribution in [-0.2, 0) is 17.7 Å². The molecule has 20 heavy (non-hydrogen) atoms. The molecule has 2 N–H and O–H groups in total. The van der Waals surface area contributed by atoms with Crippen molar-refractivity contribution in [2.45, 2.75) is 38.0 Å². The molecule has 112 valence electrons. The molecular weight excluding hydrogens is 273 g/mol. The summed E-state index contributed by atoms with van der Waals surface area (Å²) in [5, 5.41) is 0. The first-order valence-corrected chi connectivity index (χ1v) is 6.51. The minimum atomic E-state index is -4.34. The van der Waals surface area contributed by atoms with Crippen LogP contribution in [0.25, 0.3) is 0 Å². The van der Waals surface area contributed by atoms with Crippen molar-refractivity contribution < 1.29 is 17.9 Å². The standard InChI is InChI=1S/C13H17F3N2O2/c14-13(15,16)8-20-7-6-18-11-3-1-2-10(17)9(11)4-5-12(18)19/h4-5,10H,1-3,6-8,17H2. The average Bonchev–Trinajstić information content (AvgIpc) is 2.35. The van der Waals surface area contributed by atoms with E-state index in [1.165, 1.54) is 10.6 Å². The molecule has 1 aliphatic rings. The van der Waals surface area contributed by atoms with Crippen LogP contribution >= 0.6 is 0 Å². The summed E-state index contributed by atoms with van der Waals surface area (Å²) in [4.78, 5) is 11.8. The van der Waals surface area contributed by atoms with Gasteiger partial charge < -0.3 is 15.0 Å². The van der Waals surface area contributed by atoms with Crippen molar-refractivity contribution in [1.29, 1.82) is 0 Å². The third-order valence-electron chi connectivity index (χ3n) is 3.38. The lowest BCUT2D eigenvalue weighted by Gasteiger charge is -2.25. The van der Waals surface area contributed by atoms with Crippen LogP contribution in [0.1, 0.15) is 30.1 Å². The fraction of sp³-hybridized carbons (Fsp3) is 0.615. The van der Waals surface area contributed by atoms with E-state index in [2.05, 4.69) is 4.74 Å². The fourth-order valence-electron chi connectivity index (χ4n) is 2.49. The number of pyridine rings is 1. The van der Waals surface area contributed by atoms with Crippen LogP contribution in [0.5, 0.6) is 0 Å². The lowest BCUT2D eigenvalue weighted by atomic mass is 9.91. The fourth-order valence-corrected chi connectivity index (χ4v) is 2.49. The van der Waals surface area contributed by atoms with Crippen molar-refractivity contribution >= 4 is 0 Å². The SMILES string of the molecule is NC1CCCc2c1ccc(=O)n2CCOCC(F)(F)F. The Morgan fingerprint density at radius 1 is 1.40 bits per heavy atom. The van der Waals surface area contributed by atoms with Gasteiger partial charge in [0, 0.05) is 24.3 Å². The maximum absolute atomic E-state index is 12.0. The first kappa shape index (κ1) is 15.1. The second-order valence-electron chi connectivity index (χ2n) is 4.89. The molecule has 1 unspecified atom stereocenters. The van der Waals surface area contributed by atoms with E-state index in [1.54, 1.807) is 6.07 Å². The lowest BCUT2D eigenvalue weighted by Crippen LogP contribution is -2.31. The molecule has 1 aliphatic carbocycles. The Kier molecular flexibility index (Phi) is 4.49. The number of nitrogens with zero attached hydrogens (tertiary/aromatic N) is 1. The van der Waals surface area contributed by atoms with E-state index in [1.807, 2.05) is 0 Å². The Hall–Kier alpha value is -1.34. The highest BCUT2D eigenvalue weighted by molar-refractivity contribution is 5.27. The second kappa shape index (κ2) is 5.97. The van der Waals surface area contributed by atoms with Gasteiger partial charge in [0.15, 0.2) is 0 Å². The van der Waals surface area contributed by atoms with Gasteiger partial charge in [-0.05, 0) is 24.8 Å². The minimum Gasteiger partial charge on any atom is -0.370 e. The van der Waals surface area contributed by atoms with Gasteiger partial charge in [-0.15, -0.1) is 0 Å². The van der Waals surface area contributed by atoms with Gasteiger partial charge in [0.2, 0.25) is 0 Å². The molecule has 1 heterocycles. The topological polar surface area (TPSA) is 57.2 Å². The molecule has 0 spiro atoms. The highest BCUT2D eigenvalue weighted by atomic mass is 19.4. The van der Waals surface area contributed by atoms with Gasteiger partial charge in [-0.1, -0.05) is 6.07 Å². The monoisotopic (exact) mass is 290 g/mol. The lowest BCUT2D eigenvalue weighted by molar-refractivity contribution is -0.174. The summed E-state index contributed by atoms with van der Waals surface area (Å²) >= 11 is 0. The van der Waals surface area contributed by atoms with E-state index in [0.29, 0.717) is 0 Å². The highest BCUT2D eigenvalue weighted by Gasteiger charge is 2.27. The van der Waals surface area contributed by atoms with Crippen LogP contribution < -0.4 is 11.3 Å². The first-order chi connectivity index (χ1) is 9.38. The van der Waals surface area contributed by atoms with E-state index < -0.39 is 12.8 Å². The van der Waals surface area contributed by atoms with Crippen molar-refractivity contribution in [2.24, 2.45) is 5.73 Å². The number of hydrogen-bond donors (Lipinski definition) is 1. The minimum absolute atomic E-state index is 0.110. The third kappa shape index (κ3) is 3.61. The highest BCUT2D eigenvalue weighted by Crippen LogP contribution is 2.26. The first-order valence-electron chi connectivity index (χ1n) is 6.51.